The van der Waals surface area contributed by atoms with Gasteiger partial charge in [-0.25, -0.2) is 13.4 Å². The molecule has 0 atom stereocenters. The molecule has 0 fully saturated rings. The molecule has 3 aromatic rings. The van der Waals surface area contributed by atoms with Crippen LogP contribution in [0.5, 0.6) is 0 Å². The molecule has 0 unspecified atom stereocenters. The fraction of sp³-hybridized carbons (Fsp3) is 0.0526. The second-order valence-electron chi connectivity index (χ2n) is 6.25. The van der Waals surface area contributed by atoms with E-state index in [1.165, 1.54) is 24.3 Å². The lowest BCUT2D eigenvalue weighted by molar-refractivity contribution is -0.139. The van der Waals surface area contributed by atoms with E-state index in [2.05, 4.69) is 4.98 Å². The van der Waals surface area contributed by atoms with Crippen molar-refractivity contribution in [2.45, 2.75) is 11.1 Å². The molecular weight excluding hydrogens is 478 g/mol. The summed E-state index contributed by atoms with van der Waals surface area (Å²) in [5, 5.41) is -0.345. The molecule has 12 heteroatoms. The zero-order chi connectivity index (χ0) is 23.0. The van der Waals surface area contributed by atoms with Crippen LogP contribution in [0.3, 0.4) is 0 Å². The maximum atomic E-state index is 13.4. The Bertz CT molecular complexity index is 1280. The van der Waals surface area contributed by atoms with E-state index in [9.17, 15) is 26.4 Å². The van der Waals surface area contributed by atoms with Crippen molar-refractivity contribution in [1.82, 2.24) is 4.98 Å². The lowest BCUT2D eigenvalue weighted by Gasteiger charge is -2.16. The molecule has 0 spiro atoms. The number of anilines is 2. The van der Waals surface area contributed by atoms with Gasteiger partial charge in [0.25, 0.3) is 10.0 Å². The van der Waals surface area contributed by atoms with Crippen molar-refractivity contribution in [1.29, 1.82) is 0 Å². The second-order valence-corrected chi connectivity index (χ2v) is 8.77. The third-order valence-corrected chi connectivity index (χ3v) is 5.86. The summed E-state index contributed by atoms with van der Waals surface area (Å²) in [5.74, 6) is -0.714. The molecule has 6 nitrogen and oxygen atoms in total. The lowest BCUT2D eigenvalue weighted by Crippen LogP contribution is -2.21. The van der Waals surface area contributed by atoms with Crippen molar-refractivity contribution in [2.75, 3.05) is 10.5 Å². The third kappa shape index (κ3) is 5.09. The number of rotatable bonds is 5. The highest BCUT2D eigenvalue weighted by atomic mass is 35.5. The molecule has 0 aliphatic carbocycles. The summed E-state index contributed by atoms with van der Waals surface area (Å²) >= 11 is 11.5. The Hall–Kier alpha value is -2.82. The van der Waals surface area contributed by atoms with E-state index >= 15 is 0 Å². The molecular formula is C19H12Cl2F3N3O3S. The van der Waals surface area contributed by atoms with E-state index in [-0.39, 0.29) is 27.0 Å². The number of carbonyl (C=O) groups is 1. The summed E-state index contributed by atoms with van der Waals surface area (Å²) in [4.78, 5) is 15.6. The molecule has 0 aliphatic rings. The Kier molecular flexibility index (Phi) is 6.17. The van der Waals surface area contributed by atoms with Gasteiger partial charge in [-0.3, -0.25) is 9.52 Å². The lowest BCUT2D eigenvalue weighted by atomic mass is 10.1. The highest BCUT2D eigenvalue weighted by molar-refractivity contribution is 7.92. The van der Waals surface area contributed by atoms with Gasteiger partial charge in [0, 0.05) is 22.5 Å². The van der Waals surface area contributed by atoms with Gasteiger partial charge in [0.1, 0.15) is 5.69 Å². The normalized spacial score (nSPS) is 11.9. The minimum absolute atomic E-state index is 0.0472. The minimum atomic E-state index is -5.00. The molecule has 0 saturated heterocycles. The maximum absolute atomic E-state index is 13.4. The van der Waals surface area contributed by atoms with E-state index in [1.54, 1.807) is 0 Å². The van der Waals surface area contributed by atoms with Crippen LogP contribution in [0.4, 0.5) is 24.5 Å². The van der Waals surface area contributed by atoms with Crippen LogP contribution in [0.1, 0.15) is 21.6 Å². The molecule has 0 aliphatic heterocycles. The highest BCUT2D eigenvalue weighted by Crippen LogP contribution is 2.37. The fourth-order valence-corrected chi connectivity index (χ4v) is 4.27. The van der Waals surface area contributed by atoms with Gasteiger partial charge in [0.05, 0.1) is 21.2 Å². The standard InChI is InChI=1S/C19H12Cl2F3N3O3S/c20-11-4-5-16(14(7-11)19(22,23)24)31(29,30)27-15-8-12(21)9-26-17(15)18(28)10-2-1-3-13(25)6-10/h1-9,27H,25H2. The van der Waals surface area contributed by atoms with Gasteiger partial charge in [-0.15, -0.1) is 0 Å². The highest BCUT2D eigenvalue weighted by Gasteiger charge is 2.38. The monoisotopic (exact) mass is 489 g/mol. The molecule has 31 heavy (non-hydrogen) atoms. The average Bonchev–Trinajstić information content (AvgIpc) is 2.66. The Morgan fingerprint density at radius 2 is 1.74 bits per heavy atom. The molecule has 0 amide bonds. The quantitative estimate of drug-likeness (QED) is 0.386. The first-order valence-electron chi connectivity index (χ1n) is 8.34. The van der Waals surface area contributed by atoms with E-state index < -0.39 is 38.1 Å². The van der Waals surface area contributed by atoms with Gasteiger partial charge >= 0.3 is 6.18 Å². The summed E-state index contributed by atoms with van der Waals surface area (Å²) in [6.45, 7) is 0. The van der Waals surface area contributed by atoms with Crippen LogP contribution in [0.25, 0.3) is 0 Å². The van der Waals surface area contributed by atoms with Crippen molar-refractivity contribution in [2.24, 2.45) is 0 Å². The largest absolute Gasteiger partial charge is 0.417 e. The smallest absolute Gasteiger partial charge is 0.399 e. The first-order chi connectivity index (χ1) is 14.4. The number of sulfonamides is 1. The molecule has 162 valence electrons. The number of pyridine rings is 1. The van der Waals surface area contributed by atoms with Gasteiger partial charge in [-0.2, -0.15) is 13.2 Å². The number of nitrogens with one attached hydrogen (secondary N) is 1. The number of nitrogens with two attached hydrogens (primary N) is 1. The molecule has 0 radical (unpaired) electrons. The van der Waals surface area contributed by atoms with Crippen molar-refractivity contribution in [3.05, 3.63) is 81.6 Å². The van der Waals surface area contributed by atoms with Crippen LogP contribution in [-0.2, 0) is 16.2 Å². The van der Waals surface area contributed by atoms with Gasteiger partial charge in [-0.1, -0.05) is 35.3 Å². The molecule has 1 aromatic heterocycles. The minimum Gasteiger partial charge on any atom is -0.399 e. The number of carbonyl (C=O) groups excluding carboxylic acids is 1. The maximum Gasteiger partial charge on any atom is 0.417 e. The van der Waals surface area contributed by atoms with E-state index in [0.29, 0.717) is 12.1 Å². The summed E-state index contributed by atoms with van der Waals surface area (Å²) in [6.07, 6.45) is -3.90. The van der Waals surface area contributed by atoms with E-state index in [4.69, 9.17) is 28.9 Å². The van der Waals surface area contributed by atoms with E-state index in [0.717, 1.165) is 18.3 Å². The Labute approximate surface area is 184 Å². The van der Waals surface area contributed by atoms with Gasteiger partial charge in [0.15, 0.2) is 0 Å². The van der Waals surface area contributed by atoms with Crippen molar-refractivity contribution < 1.29 is 26.4 Å². The number of nitrogen functional groups attached to an aromatic ring is 1. The van der Waals surface area contributed by atoms with Crippen molar-refractivity contribution in [3.63, 3.8) is 0 Å². The Balaban J connectivity index is 2.10. The number of aromatic nitrogens is 1. The van der Waals surface area contributed by atoms with Gasteiger partial charge < -0.3 is 5.73 Å². The van der Waals surface area contributed by atoms with Gasteiger partial charge in [-0.05, 0) is 36.4 Å². The third-order valence-electron chi connectivity index (χ3n) is 4.00. The van der Waals surface area contributed by atoms with Crippen LogP contribution in [0.15, 0.2) is 59.6 Å². The molecule has 3 N–H and O–H groups in total. The van der Waals surface area contributed by atoms with Gasteiger partial charge in [0.2, 0.25) is 5.78 Å². The van der Waals surface area contributed by atoms with Crippen LogP contribution >= 0.6 is 23.2 Å². The zero-order valence-corrected chi connectivity index (χ0v) is 17.6. The molecule has 0 bridgehead atoms. The number of nitrogens with zero attached hydrogens (tertiary/aromatic N) is 1. The second kappa shape index (κ2) is 8.37. The number of halogens is 5. The Morgan fingerprint density at radius 3 is 2.39 bits per heavy atom. The first-order valence-corrected chi connectivity index (χ1v) is 10.6. The SMILES string of the molecule is Nc1cccc(C(=O)c2ncc(Cl)cc2NS(=O)(=O)c2ccc(Cl)cc2C(F)(F)F)c1. The summed E-state index contributed by atoms with van der Waals surface area (Å²) in [6, 6.07) is 9.08. The first kappa shape index (κ1) is 22.9. The van der Waals surface area contributed by atoms with Crippen LogP contribution in [0.2, 0.25) is 10.0 Å². The number of alkyl halides is 3. The van der Waals surface area contributed by atoms with Crippen LogP contribution < -0.4 is 10.5 Å². The summed E-state index contributed by atoms with van der Waals surface area (Å²) < 4.78 is 67.7. The summed E-state index contributed by atoms with van der Waals surface area (Å²) in [7, 11) is -4.81. The molecule has 3 rings (SSSR count). The number of hydrogen-bond acceptors (Lipinski definition) is 5. The van der Waals surface area contributed by atoms with Crippen molar-refractivity contribution in [3.8, 4) is 0 Å². The zero-order valence-electron chi connectivity index (χ0n) is 15.2. The van der Waals surface area contributed by atoms with Crippen LogP contribution in [0, 0.1) is 0 Å². The topological polar surface area (TPSA) is 102 Å². The van der Waals surface area contributed by atoms with Crippen molar-refractivity contribution >= 4 is 50.4 Å². The molecule has 0 saturated carbocycles. The number of hydrogen-bond donors (Lipinski definition) is 2. The molecule has 1 heterocycles. The van der Waals surface area contributed by atoms with Crippen LogP contribution in [-0.4, -0.2) is 19.2 Å². The summed E-state index contributed by atoms with van der Waals surface area (Å²) in [5.41, 5.74) is 3.79. The predicted octanol–water partition coefficient (Wildman–Crippen LogP) is 5.02. The van der Waals surface area contributed by atoms with E-state index in [1.807, 2.05) is 4.72 Å². The average molecular weight is 490 g/mol. The number of benzene rings is 2. The Morgan fingerprint density at radius 1 is 1.03 bits per heavy atom. The molecule has 2 aromatic carbocycles. The fourth-order valence-electron chi connectivity index (χ4n) is 2.67. The predicted molar refractivity (Wildman–Crippen MR) is 111 cm³/mol. The number of ketones is 1.